The summed E-state index contributed by atoms with van der Waals surface area (Å²) in [4.78, 5) is 25.7. The summed E-state index contributed by atoms with van der Waals surface area (Å²) in [7, 11) is 0. The maximum atomic E-state index is 13.0. The second kappa shape index (κ2) is 7.26. The Hall–Kier alpha value is -2.89. The molecular weight excluding hydrogens is 361 g/mol. The molecule has 6 heteroatoms. The largest absolute Gasteiger partial charge is 0.479 e. The van der Waals surface area contributed by atoms with Crippen molar-refractivity contribution < 1.29 is 23.8 Å². The predicted molar refractivity (Wildman–Crippen MR) is 102 cm³/mol. The maximum Gasteiger partial charge on any atom is 0.410 e. The molecular formula is C22H22FNO4. The topological polar surface area (TPSA) is 66.8 Å². The lowest BCUT2D eigenvalue weighted by Gasteiger charge is -2.33. The highest BCUT2D eigenvalue weighted by Gasteiger charge is 2.50. The number of carboxylic acids is 1. The minimum atomic E-state index is -1.50. The van der Waals surface area contributed by atoms with Crippen LogP contribution in [0.25, 0.3) is 11.1 Å². The van der Waals surface area contributed by atoms with Crippen molar-refractivity contribution in [1.29, 1.82) is 0 Å². The summed E-state index contributed by atoms with van der Waals surface area (Å²) in [6.07, 6.45) is -0.130. The smallest absolute Gasteiger partial charge is 0.410 e. The van der Waals surface area contributed by atoms with Gasteiger partial charge >= 0.3 is 12.1 Å². The van der Waals surface area contributed by atoms with E-state index in [9.17, 15) is 19.1 Å². The van der Waals surface area contributed by atoms with Crippen LogP contribution in [-0.4, -0.2) is 47.4 Å². The van der Waals surface area contributed by atoms with Gasteiger partial charge in [0, 0.05) is 18.9 Å². The fourth-order valence-corrected chi connectivity index (χ4v) is 4.56. The molecule has 1 unspecified atom stereocenters. The van der Waals surface area contributed by atoms with Crippen LogP contribution in [-0.2, 0) is 9.53 Å². The molecule has 4 rings (SSSR count). The summed E-state index contributed by atoms with van der Waals surface area (Å²) >= 11 is 0. The van der Waals surface area contributed by atoms with Gasteiger partial charge in [-0.15, -0.1) is 0 Å². The number of ether oxygens (including phenoxy) is 1. The van der Waals surface area contributed by atoms with Gasteiger partial charge in [-0.2, -0.15) is 0 Å². The number of likely N-dealkylation sites (tertiary alicyclic amines) is 1. The number of carbonyl (C=O) groups is 2. The number of carboxylic acid groups (broad SMARTS) is 1. The molecule has 5 nitrogen and oxygen atoms in total. The third-order valence-electron chi connectivity index (χ3n) is 5.95. The molecule has 1 aliphatic heterocycles. The SMILES string of the molecule is O=C(OCC1c2ccccc2-c2ccccc21)N1CCCC1(CCF)C(=O)O. The first-order valence-corrected chi connectivity index (χ1v) is 9.50. The van der Waals surface area contributed by atoms with Gasteiger partial charge in [0.05, 0.1) is 6.67 Å². The summed E-state index contributed by atoms with van der Waals surface area (Å²) in [5.74, 6) is -1.27. The van der Waals surface area contributed by atoms with Gasteiger partial charge in [0.2, 0.25) is 0 Å². The molecule has 0 radical (unpaired) electrons. The van der Waals surface area contributed by atoms with Crippen molar-refractivity contribution >= 4 is 12.1 Å². The van der Waals surface area contributed by atoms with E-state index in [0.717, 1.165) is 22.3 Å². The Morgan fingerprint density at radius 3 is 2.29 bits per heavy atom. The first kappa shape index (κ1) is 18.5. The zero-order valence-corrected chi connectivity index (χ0v) is 15.4. The van der Waals surface area contributed by atoms with Gasteiger partial charge in [0.1, 0.15) is 12.1 Å². The standard InChI is InChI=1S/C22H22FNO4/c23-12-11-22(20(25)26)10-5-13-24(22)21(27)28-14-19-17-8-3-1-6-15(17)16-7-2-4-9-18(16)19/h1-4,6-9,19H,5,10-14H2,(H,25,26). The van der Waals surface area contributed by atoms with Gasteiger partial charge in [-0.05, 0) is 35.1 Å². The molecule has 146 valence electrons. The fraction of sp³-hybridized carbons (Fsp3) is 0.364. The van der Waals surface area contributed by atoms with Crippen molar-refractivity contribution in [3.8, 4) is 11.1 Å². The molecule has 0 saturated carbocycles. The van der Waals surface area contributed by atoms with Crippen LogP contribution in [0.3, 0.4) is 0 Å². The molecule has 0 bridgehead atoms. The molecule has 1 saturated heterocycles. The van der Waals surface area contributed by atoms with Gasteiger partial charge in [-0.1, -0.05) is 48.5 Å². The molecule has 0 aromatic heterocycles. The van der Waals surface area contributed by atoms with Crippen molar-refractivity contribution in [2.45, 2.75) is 30.7 Å². The fourth-order valence-electron chi connectivity index (χ4n) is 4.56. The van der Waals surface area contributed by atoms with E-state index >= 15 is 0 Å². The van der Waals surface area contributed by atoms with E-state index in [4.69, 9.17) is 4.74 Å². The molecule has 2 aliphatic rings. The van der Waals surface area contributed by atoms with Crippen LogP contribution in [0.2, 0.25) is 0 Å². The molecule has 1 amide bonds. The Labute approximate surface area is 162 Å². The highest BCUT2D eigenvalue weighted by atomic mass is 19.1. The summed E-state index contributed by atoms with van der Waals surface area (Å²) in [6.45, 7) is -0.406. The van der Waals surface area contributed by atoms with E-state index in [1.54, 1.807) is 0 Å². The number of halogens is 1. The number of hydrogen-bond donors (Lipinski definition) is 1. The minimum absolute atomic E-state index is 0.0978. The third-order valence-corrected chi connectivity index (χ3v) is 5.95. The maximum absolute atomic E-state index is 13.0. The molecule has 28 heavy (non-hydrogen) atoms. The van der Waals surface area contributed by atoms with Crippen LogP contribution in [0.4, 0.5) is 9.18 Å². The predicted octanol–water partition coefficient (Wildman–Crippen LogP) is 4.21. The molecule has 1 fully saturated rings. The number of alkyl halides is 1. The number of hydrogen-bond acceptors (Lipinski definition) is 3. The number of aliphatic carboxylic acids is 1. The van der Waals surface area contributed by atoms with Crippen LogP contribution in [0, 0.1) is 0 Å². The summed E-state index contributed by atoms with van der Waals surface area (Å²) in [5, 5.41) is 9.64. The number of fused-ring (bicyclic) bond motifs is 3. The average molecular weight is 383 g/mol. The summed E-state index contributed by atoms with van der Waals surface area (Å²) < 4.78 is 18.6. The number of rotatable bonds is 5. The molecule has 1 atom stereocenters. The first-order chi connectivity index (χ1) is 13.6. The molecule has 2 aromatic carbocycles. The van der Waals surface area contributed by atoms with Gasteiger partial charge in [-0.25, -0.2) is 9.59 Å². The van der Waals surface area contributed by atoms with E-state index in [1.807, 2.05) is 48.5 Å². The van der Waals surface area contributed by atoms with E-state index in [0.29, 0.717) is 6.42 Å². The van der Waals surface area contributed by atoms with E-state index < -0.39 is 24.3 Å². The van der Waals surface area contributed by atoms with Gasteiger partial charge in [0.15, 0.2) is 0 Å². The highest BCUT2D eigenvalue weighted by Crippen LogP contribution is 2.44. The Morgan fingerprint density at radius 2 is 1.71 bits per heavy atom. The van der Waals surface area contributed by atoms with Crippen LogP contribution >= 0.6 is 0 Å². The molecule has 1 heterocycles. The van der Waals surface area contributed by atoms with Crippen LogP contribution < -0.4 is 0 Å². The number of nitrogens with zero attached hydrogens (tertiary/aromatic N) is 1. The average Bonchev–Trinajstić information content (AvgIpc) is 3.27. The molecule has 1 N–H and O–H groups in total. The Bertz CT molecular complexity index is 869. The number of amides is 1. The van der Waals surface area contributed by atoms with Crippen LogP contribution in [0.5, 0.6) is 0 Å². The van der Waals surface area contributed by atoms with E-state index in [-0.39, 0.29) is 31.9 Å². The van der Waals surface area contributed by atoms with Crippen molar-refractivity contribution in [1.82, 2.24) is 4.90 Å². The number of benzene rings is 2. The molecule has 0 spiro atoms. The van der Waals surface area contributed by atoms with Crippen molar-refractivity contribution in [2.24, 2.45) is 0 Å². The van der Waals surface area contributed by atoms with E-state index in [1.165, 1.54) is 4.90 Å². The third kappa shape index (κ3) is 2.84. The summed E-state index contributed by atoms with van der Waals surface area (Å²) in [6, 6.07) is 16.0. The van der Waals surface area contributed by atoms with Crippen molar-refractivity contribution in [2.75, 3.05) is 19.8 Å². The van der Waals surface area contributed by atoms with Crippen LogP contribution in [0.15, 0.2) is 48.5 Å². The second-order valence-corrected chi connectivity index (χ2v) is 7.33. The molecule has 2 aromatic rings. The van der Waals surface area contributed by atoms with Gasteiger partial charge in [0.25, 0.3) is 0 Å². The zero-order valence-electron chi connectivity index (χ0n) is 15.4. The highest BCUT2D eigenvalue weighted by molar-refractivity contribution is 5.85. The number of carbonyl (C=O) groups excluding carboxylic acids is 1. The van der Waals surface area contributed by atoms with Crippen molar-refractivity contribution in [3.63, 3.8) is 0 Å². The monoisotopic (exact) mass is 383 g/mol. The minimum Gasteiger partial charge on any atom is -0.479 e. The van der Waals surface area contributed by atoms with Crippen LogP contribution in [0.1, 0.15) is 36.3 Å². The Morgan fingerprint density at radius 1 is 1.11 bits per heavy atom. The second-order valence-electron chi connectivity index (χ2n) is 7.33. The first-order valence-electron chi connectivity index (χ1n) is 9.50. The van der Waals surface area contributed by atoms with Gasteiger partial charge in [-0.3, -0.25) is 9.29 Å². The Kier molecular flexibility index (Phi) is 4.79. The van der Waals surface area contributed by atoms with Crippen molar-refractivity contribution in [3.05, 3.63) is 59.7 Å². The normalized spacial score (nSPS) is 20.7. The molecule has 1 aliphatic carbocycles. The Balaban J connectivity index is 1.55. The van der Waals surface area contributed by atoms with Gasteiger partial charge < -0.3 is 9.84 Å². The lowest BCUT2D eigenvalue weighted by molar-refractivity contribution is -0.149. The lowest BCUT2D eigenvalue weighted by atomic mass is 9.93. The van der Waals surface area contributed by atoms with E-state index in [2.05, 4.69) is 0 Å². The zero-order chi connectivity index (χ0) is 19.7. The lowest BCUT2D eigenvalue weighted by Crippen LogP contribution is -2.53. The quantitative estimate of drug-likeness (QED) is 0.840. The summed E-state index contributed by atoms with van der Waals surface area (Å²) in [5.41, 5.74) is 2.92.